The maximum atomic E-state index is 14.3. The van der Waals surface area contributed by atoms with Crippen LogP contribution in [0.15, 0.2) is 18.2 Å². The quantitative estimate of drug-likeness (QED) is 0.761. The van der Waals surface area contributed by atoms with Gasteiger partial charge in [0.2, 0.25) is 5.91 Å². The molecule has 0 N–H and O–H groups in total. The molecule has 5 nitrogen and oxygen atoms in total. The van der Waals surface area contributed by atoms with Crippen LogP contribution in [-0.4, -0.2) is 51.7 Å². The van der Waals surface area contributed by atoms with E-state index in [1.54, 1.807) is 12.1 Å². The summed E-state index contributed by atoms with van der Waals surface area (Å²) in [5.74, 6) is 0.597. The van der Waals surface area contributed by atoms with Crippen LogP contribution in [0, 0.1) is 18.7 Å². The first kappa shape index (κ1) is 20.4. The van der Waals surface area contributed by atoms with Crippen LogP contribution in [0.1, 0.15) is 42.3 Å². The van der Waals surface area contributed by atoms with Gasteiger partial charge in [0.1, 0.15) is 5.82 Å². The number of hydrogen-bond donors (Lipinski definition) is 0. The van der Waals surface area contributed by atoms with E-state index in [0.29, 0.717) is 30.2 Å². The third-order valence-corrected chi connectivity index (χ3v) is 6.50. The molecule has 1 amide bonds. The van der Waals surface area contributed by atoms with Crippen molar-refractivity contribution in [3.05, 3.63) is 51.6 Å². The SMILES string of the molecule is Cc1nn(Cc2ccc(Cl)cc2F)c2c1CCN(C(=O)CN1CCC(C)CC1)C2. The van der Waals surface area contributed by atoms with E-state index in [-0.39, 0.29) is 11.7 Å². The lowest BCUT2D eigenvalue weighted by molar-refractivity contribution is -0.133. The van der Waals surface area contributed by atoms with Gasteiger partial charge < -0.3 is 4.90 Å². The van der Waals surface area contributed by atoms with Crippen molar-refractivity contribution in [1.82, 2.24) is 19.6 Å². The molecular weight excluding hydrogens is 391 g/mol. The Morgan fingerprint density at radius 3 is 2.76 bits per heavy atom. The highest BCUT2D eigenvalue weighted by Crippen LogP contribution is 2.25. The van der Waals surface area contributed by atoms with Crippen LogP contribution in [0.4, 0.5) is 4.39 Å². The van der Waals surface area contributed by atoms with Crippen LogP contribution >= 0.6 is 11.6 Å². The van der Waals surface area contributed by atoms with Gasteiger partial charge in [-0.15, -0.1) is 0 Å². The van der Waals surface area contributed by atoms with Gasteiger partial charge in [-0.05, 0) is 62.9 Å². The molecule has 0 unspecified atom stereocenters. The van der Waals surface area contributed by atoms with E-state index in [0.717, 1.165) is 56.2 Å². The van der Waals surface area contributed by atoms with E-state index in [1.807, 2.05) is 16.5 Å². The lowest BCUT2D eigenvalue weighted by Gasteiger charge is -2.33. The number of rotatable bonds is 4. The van der Waals surface area contributed by atoms with Gasteiger partial charge in [-0.1, -0.05) is 24.6 Å². The minimum absolute atomic E-state index is 0.174. The second-order valence-electron chi connectivity index (χ2n) is 8.43. The standard InChI is InChI=1S/C22H28ClFN4O/c1-15-5-8-26(9-6-15)14-22(29)27-10-7-19-16(2)25-28(21(19)13-27)12-17-3-4-18(23)11-20(17)24/h3-4,11,15H,5-10,12-14H2,1-2H3. The van der Waals surface area contributed by atoms with Gasteiger partial charge in [0.15, 0.2) is 0 Å². The number of halogens is 2. The first-order chi connectivity index (χ1) is 13.9. The highest BCUT2D eigenvalue weighted by molar-refractivity contribution is 6.30. The Morgan fingerprint density at radius 2 is 2.03 bits per heavy atom. The summed E-state index contributed by atoms with van der Waals surface area (Å²) in [4.78, 5) is 17.1. The molecule has 0 spiro atoms. The number of fused-ring (bicyclic) bond motifs is 1. The molecule has 1 aromatic heterocycles. The number of hydrogen-bond acceptors (Lipinski definition) is 3. The number of amides is 1. The summed E-state index contributed by atoms with van der Waals surface area (Å²) < 4.78 is 16.1. The third kappa shape index (κ3) is 4.48. The largest absolute Gasteiger partial charge is 0.335 e. The summed E-state index contributed by atoms with van der Waals surface area (Å²) in [5.41, 5.74) is 3.72. The molecule has 1 aromatic carbocycles. The van der Waals surface area contributed by atoms with Crippen molar-refractivity contribution in [2.45, 2.75) is 46.2 Å². The molecule has 3 heterocycles. The number of carbonyl (C=O) groups excluding carboxylic acids is 1. The van der Waals surface area contributed by atoms with E-state index in [2.05, 4.69) is 16.9 Å². The molecule has 2 aromatic rings. The number of piperidine rings is 1. The molecule has 4 rings (SSSR count). The lowest BCUT2D eigenvalue weighted by Crippen LogP contribution is -2.45. The van der Waals surface area contributed by atoms with Crippen molar-refractivity contribution in [3.63, 3.8) is 0 Å². The smallest absolute Gasteiger partial charge is 0.237 e. The van der Waals surface area contributed by atoms with Crippen LogP contribution in [0.25, 0.3) is 0 Å². The molecule has 156 valence electrons. The van der Waals surface area contributed by atoms with E-state index in [1.165, 1.54) is 11.6 Å². The van der Waals surface area contributed by atoms with Crippen LogP contribution in [0.3, 0.4) is 0 Å². The van der Waals surface area contributed by atoms with Crippen LogP contribution in [0.2, 0.25) is 5.02 Å². The molecule has 0 bridgehead atoms. The first-order valence-electron chi connectivity index (χ1n) is 10.4. The molecule has 1 saturated heterocycles. The van der Waals surface area contributed by atoms with Crippen molar-refractivity contribution in [2.75, 3.05) is 26.2 Å². The van der Waals surface area contributed by atoms with Gasteiger partial charge in [0.25, 0.3) is 0 Å². The highest BCUT2D eigenvalue weighted by Gasteiger charge is 2.28. The fraction of sp³-hybridized carbons (Fsp3) is 0.545. The predicted octanol–water partition coefficient (Wildman–Crippen LogP) is 3.65. The normalized spacial score (nSPS) is 18.1. The Kier molecular flexibility index (Phi) is 5.93. The zero-order chi connectivity index (χ0) is 20.5. The lowest BCUT2D eigenvalue weighted by atomic mass is 9.99. The number of likely N-dealkylation sites (tertiary alicyclic amines) is 1. The topological polar surface area (TPSA) is 41.4 Å². The number of aromatic nitrogens is 2. The van der Waals surface area contributed by atoms with Crippen molar-refractivity contribution >= 4 is 17.5 Å². The Morgan fingerprint density at radius 1 is 1.28 bits per heavy atom. The molecule has 0 radical (unpaired) electrons. The number of benzene rings is 1. The molecular formula is C22H28ClFN4O. The monoisotopic (exact) mass is 418 g/mol. The average molecular weight is 419 g/mol. The van der Waals surface area contributed by atoms with Crippen molar-refractivity contribution in [2.24, 2.45) is 5.92 Å². The number of aryl methyl sites for hydroxylation is 1. The number of carbonyl (C=O) groups is 1. The maximum absolute atomic E-state index is 14.3. The van der Waals surface area contributed by atoms with E-state index < -0.39 is 0 Å². The summed E-state index contributed by atoms with van der Waals surface area (Å²) in [7, 11) is 0. The van der Waals surface area contributed by atoms with E-state index >= 15 is 0 Å². The fourth-order valence-corrected chi connectivity index (χ4v) is 4.50. The molecule has 0 aliphatic carbocycles. The molecule has 29 heavy (non-hydrogen) atoms. The second-order valence-corrected chi connectivity index (χ2v) is 8.86. The van der Waals surface area contributed by atoms with Gasteiger partial charge in [-0.2, -0.15) is 5.10 Å². The molecule has 2 aliphatic heterocycles. The Bertz CT molecular complexity index is 904. The average Bonchev–Trinajstić information content (AvgIpc) is 3.01. The summed E-state index contributed by atoms with van der Waals surface area (Å²) in [6.45, 7) is 8.34. The fourth-order valence-electron chi connectivity index (χ4n) is 4.34. The molecule has 0 saturated carbocycles. The Labute approximate surface area is 176 Å². The zero-order valence-corrected chi connectivity index (χ0v) is 17.9. The summed E-state index contributed by atoms with van der Waals surface area (Å²) >= 11 is 5.87. The van der Waals surface area contributed by atoms with Crippen LogP contribution < -0.4 is 0 Å². The zero-order valence-electron chi connectivity index (χ0n) is 17.1. The van der Waals surface area contributed by atoms with E-state index in [9.17, 15) is 9.18 Å². The Balaban J connectivity index is 1.47. The van der Waals surface area contributed by atoms with E-state index in [4.69, 9.17) is 11.6 Å². The summed E-state index contributed by atoms with van der Waals surface area (Å²) in [6, 6.07) is 4.72. The minimum atomic E-state index is -0.331. The van der Waals surface area contributed by atoms with Gasteiger partial charge in [-0.3, -0.25) is 14.4 Å². The third-order valence-electron chi connectivity index (χ3n) is 6.26. The summed E-state index contributed by atoms with van der Waals surface area (Å²) in [5, 5.41) is 5.02. The summed E-state index contributed by atoms with van der Waals surface area (Å²) in [6.07, 6.45) is 3.12. The Hall–Kier alpha value is -1.92. The minimum Gasteiger partial charge on any atom is -0.335 e. The number of nitrogens with zero attached hydrogens (tertiary/aromatic N) is 4. The van der Waals surface area contributed by atoms with Crippen molar-refractivity contribution in [1.29, 1.82) is 0 Å². The second kappa shape index (κ2) is 8.44. The molecule has 7 heteroatoms. The maximum Gasteiger partial charge on any atom is 0.237 e. The van der Waals surface area contributed by atoms with Crippen LogP contribution in [-0.2, 0) is 24.3 Å². The van der Waals surface area contributed by atoms with Crippen LogP contribution in [0.5, 0.6) is 0 Å². The van der Waals surface area contributed by atoms with Gasteiger partial charge in [0, 0.05) is 17.1 Å². The highest BCUT2D eigenvalue weighted by atomic mass is 35.5. The van der Waals surface area contributed by atoms with Crippen molar-refractivity contribution < 1.29 is 9.18 Å². The first-order valence-corrected chi connectivity index (χ1v) is 10.8. The van der Waals surface area contributed by atoms with Gasteiger partial charge in [-0.25, -0.2) is 4.39 Å². The molecule has 2 aliphatic rings. The van der Waals surface area contributed by atoms with Gasteiger partial charge >= 0.3 is 0 Å². The van der Waals surface area contributed by atoms with Gasteiger partial charge in [0.05, 0.1) is 31.0 Å². The predicted molar refractivity (Wildman–Crippen MR) is 111 cm³/mol. The van der Waals surface area contributed by atoms with Crippen molar-refractivity contribution in [3.8, 4) is 0 Å². The molecule has 1 fully saturated rings. The molecule has 0 atom stereocenters.